The van der Waals surface area contributed by atoms with Gasteiger partial charge in [0.2, 0.25) is 11.8 Å². The molecule has 0 saturated heterocycles. The maximum absolute atomic E-state index is 14.0. The molecule has 3 rings (SSSR count). The average molecular weight is 550 g/mol. The lowest BCUT2D eigenvalue weighted by Gasteiger charge is -2.32. The van der Waals surface area contributed by atoms with Gasteiger partial charge in [0.05, 0.1) is 10.6 Å². The molecule has 2 amide bonds. The minimum atomic E-state index is -4.08. The van der Waals surface area contributed by atoms with Crippen LogP contribution in [0.25, 0.3) is 0 Å². The van der Waals surface area contributed by atoms with Crippen molar-refractivity contribution >= 4 is 27.5 Å². The second kappa shape index (κ2) is 12.9. The van der Waals surface area contributed by atoms with Crippen LogP contribution in [0.2, 0.25) is 0 Å². The van der Waals surface area contributed by atoms with Gasteiger partial charge in [0.1, 0.15) is 12.6 Å². The van der Waals surface area contributed by atoms with Crippen LogP contribution < -0.4 is 9.62 Å². The number of nitrogens with one attached hydrogen (secondary N) is 1. The number of carbonyl (C=O) groups is 2. The van der Waals surface area contributed by atoms with Crippen molar-refractivity contribution in [2.24, 2.45) is 0 Å². The van der Waals surface area contributed by atoms with Gasteiger partial charge in [-0.1, -0.05) is 61.0 Å². The normalized spacial score (nSPS) is 12.9. The molecule has 3 aromatic carbocycles. The SMILES string of the molecule is CC[C@H](C)NC(=O)[C@@H](C)N(Cc1ccc(C)cc1)C(=O)CN(c1cc(C)cc(C)c1)S(=O)(=O)c1ccccc1. The molecule has 208 valence electrons. The minimum Gasteiger partial charge on any atom is -0.352 e. The topological polar surface area (TPSA) is 86.8 Å². The van der Waals surface area contributed by atoms with Crippen LogP contribution in [0.3, 0.4) is 0 Å². The quantitative estimate of drug-likeness (QED) is 0.359. The zero-order chi connectivity index (χ0) is 28.7. The van der Waals surface area contributed by atoms with E-state index in [0.717, 1.165) is 33.0 Å². The Balaban J connectivity index is 2.04. The van der Waals surface area contributed by atoms with Crippen LogP contribution in [-0.2, 0) is 26.2 Å². The number of benzene rings is 3. The number of amides is 2. The fourth-order valence-electron chi connectivity index (χ4n) is 4.28. The number of hydrogen-bond donors (Lipinski definition) is 1. The number of sulfonamides is 1. The molecule has 0 aliphatic carbocycles. The van der Waals surface area contributed by atoms with Gasteiger partial charge in [0.15, 0.2) is 0 Å². The Morgan fingerprint density at radius 3 is 2.00 bits per heavy atom. The zero-order valence-electron chi connectivity index (χ0n) is 23.6. The summed E-state index contributed by atoms with van der Waals surface area (Å²) in [7, 11) is -4.08. The maximum Gasteiger partial charge on any atom is 0.264 e. The molecule has 39 heavy (non-hydrogen) atoms. The Kier molecular flexibility index (Phi) is 9.92. The highest BCUT2D eigenvalue weighted by Crippen LogP contribution is 2.26. The van der Waals surface area contributed by atoms with E-state index in [-0.39, 0.29) is 23.4 Å². The molecule has 0 unspecified atom stereocenters. The van der Waals surface area contributed by atoms with E-state index in [1.807, 2.05) is 65.0 Å². The molecule has 1 N–H and O–H groups in total. The first-order chi connectivity index (χ1) is 18.4. The molecular formula is C31H39N3O4S. The van der Waals surface area contributed by atoms with E-state index in [1.54, 1.807) is 37.3 Å². The Hall–Kier alpha value is -3.65. The summed E-state index contributed by atoms with van der Waals surface area (Å²) in [6.45, 7) is 11.0. The van der Waals surface area contributed by atoms with Crippen molar-refractivity contribution in [3.05, 3.63) is 95.1 Å². The smallest absolute Gasteiger partial charge is 0.264 e. The Bertz CT molecular complexity index is 1370. The molecule has 0 aromatic heterocycles. The summed E-state index contributed by atoms with van der Waals surface area (Å²) in [5.41, 5.74) is 4.08. The van der Waals surface area contributed by atoms with Crippen molar-refractivity contribution in [3.63, 3.8) is 0 Å². The number of anilines is 1. The second-order valence-corrected chi connectivity index (χ2v) is 12.0. The van der Waals surface area contributed by atoms with Crippen molar-refractivity contribution in [2.45, 2.75) is 71.5 Å². The number of rotatable bonds is 11. The second-order valence-electron chi connectivity index (χ2n) is 10.2. The predicted molar refractivity (Wildman–Crippen MR) is 156 cm³/mol. The Morgan fingerprint density at radius 2 is 1.44 bits per heavy atom. The van der Waals surface area contributed by atoms with Gasteiger partial charge in [-0.3, -0.25) is 13.9 Å². The van der Waals surface area contributed by atoms with Gasteiger partial charge >= 0.3 is 0 Å². The standard InChI is InChI=1S/C31H39N3O4S/c1-7-25(5)32-31(36)26(6)33(20-27-15-13-22(2)14-16-27)30(35)21-34(28-18-23(3)17-24(4)19-28)39(37,38)29-11-9-8-10-12-29/h8-19,25-26H,7,20-21H2,1-6H3,(H,32,36)/t25-,26+/m0/s1. The highest BCUT2D eigenvalue weighted by Gasteiger charge is 2.32. The van der Waals surface area contributed by atoms with Crippen LogP contribution in [0.4, 0.5) is 5.69 Å². The predicted octanol–water partition coefficient (Wildman–Crippen LogP) is 5.14. The third kappa shape index (κ3) is 7.69. The third-order valence-corrected chi connectivity index (χ3v) is 8.53. The molecule has 0 radical (unpaired) electrons. The molecule has 3 aromatic rings. The summed E-state index contributed by atoms with van der Waals surface area (Å²) < 4.78 is 28.9. The molecule has 0 fully saturated rings. The summed E-state index contributed by atoms with van der Waals surface area (Å²) >= 11 is 0. The summed E-state index contributed by atoms with van der Waals surface area (Å²) in [4.78, 5) is 28.7. The van der Waals surface area contributed by atoms with Gasteiger partial charge in [-0.25, -0.2) is 8.42 Å². The van der Waals surface area contributed by atoms with Crippen LogP contribution in [0.15, 0.2) is 77.7 Å². The molecule has 0 heterocycles. The average Bonchev–Trinajstić information content (AvgIpc) is 2.90. The van der Waals surface area contributed by atoms with Gasteiger partial charge in [0, 0.05) is 12.6 Å². The third-order valence-electron chi connectivity index (χ3n) is 6.75. The van der Waals surface area contributed by atoms with Gasteiger partial charge in [0.25, 0.3) is 10.0 Å². The van der Waals surface area contributed by atoms with Crippen LogP contribution in [0.5, 0.6) is 0 Å². The maximum atomic E-state index is 14.0. The van der Waals surface area contributed by atoms with Crippen LogP contribution in [-0.4, -0.2) is 43.8 Å². The number of aryl methyl sites for hydroxylation is 3. The minimum absolute atomic E-state index is 0.0542. The van der Waals surface area contributed by atoms with Crippen molar-refractivity contribution in [2.75, 3.05) is 10.8 Å². The van der Waals surface area contributed by atoms with Crippen molar-refractivity contribution < 1.29 is 18.0 Å². The van der Waals surface area contributed by atoms with E-state index in [4.69, 9.17) is 0 Å². The molecule has 0 spiro atoms. The van der Waals surface area contributed by atoms with Crippen LogP contribution >= 0.6 is 0 Å². The summed E-state index contributed by atoms with van der Waals surface area (Å²) in [5, 5.41) is 2.95. The molecule has 7 nitrogen and oxygen atoms in total. The van der Waals surface area contributed by atoms with E-state index in [1.165, 1.54) is 17.0 Å². The largest absolute Gasteiger partial charge is 0.352 e. The van der Waals surface area contributed by atoms with E-state index in [9.17, 15) is 18.0 Å². The van der Waals surface area contributed by atoms with Gasteiger partial charge in [-0.05, 0) is 82.0 Å². The zero-order valence-corrected chi connectivity index (χ0v) is 24.5. The monoisotopic (exact) mass is 549 g/mol. The lowest BCUT2D eigenvalue weighted by atomic mass is 10.1. The van der Waals surface area contributed by atoms with Gasteiger partial charge in [-0.2, -0.15) is 0 Å². The van der Waals surface area contributed by atoms with Crippen molar-refractivity contribution in [1.29, 1.82) is 0 Å². The van der Waals surface area contributed by atoms with Gasteiger partial charge < -0.3 is 10.2 Å². The molecule has 8 heteroatoms. The highest BCUT2D eigenvalue weighted by molar-refractivity contribution is 7.92. The lowest BCUT2D eigenvalue weighted by molar-refractivity contribution is -0.139. The first-order valence-electron chi connectivity index (χ1n) is 13.2. The van der Waals surface area contributed by atoms with E-state index in [0.29, 0.717) is 5.69 Å². The summed E-state index contributed by atoms with van der Waals surface area (Å²) in [6.07, 6.45) is 0.750. The summed E-state index contributed by atoms with van der Waals surface area (Å²) in [6, 6.07) is 20.4. The van der Waals surface area contributed by atoms with E-state index >= 15 is 0 Å². The van der Waals surface area contributed by atoms with Crippen LogP contribution in [0, 0.1) is 20.8 Å². The number of hydrogen-bond acceptors (Lipinski definition) is 4. The molecule has 0 bridgehead atoms. The first kappa shape index (κ1) is 29.9. The Morgan fingerprint density at radius 1 is 0.846 bits per heavy atom. The molecule has 2 atom stereocenters. The Labute approximate surface area is 232 Å². The van der Waals surface area contributed by atoms with Crippen molar-refractivity contribution in [3.8, 4) is 0 Å². The van der Waals surface area contributed by atoms with E-state index in [2.05, 4.69) is 5.32 Å². The first-order valence-corrected chi connectivity index (χ1v) is 14.7. The fourth-order valence-corrected chi connectivity index (χ4v) is 5.70. The highest BCUT2D eigenvalue weighted by atomic mass is 32.2. The number of carbonyl (C=O) groups excluding carboxylic acids is 2. The lowest BCUT2D eigenvalue weighted by Crippen LogP contribution is -2.52. The molecular weight excluding hydrogens is 510 g/mol. The van der Waals surface area contributed by atoms with Crippen LogP contribution in [0.1, 0.15) is 49.4 Å². The van der Waals surface area contributed by atoms with Gasteiger partial charge in [-0.15, -0.1) is 0 Å². The number of nitrogens with zero attached hydrogens (tertiary/aromatic N) is 2. The fraction of sp³-hybridized carbons (Fsp3) is 0.355. The molecule has 0 aliphatic heterocycles. The molecule has 0 aliphatic rings. The van der Waals surface area contributed by atoms with E-state index < -0.39 is 28.5 Å². The van der Waals surface area contributed by atoms with Crippen molar-refractivity contribution in [1.82, 2.24) is 10.2 Å². The molecule has 0 saturated carbocycles. The summed E-state index contributed by atoms with van der Waals surface area (Å²) in [5.74, 6) is -0.755.